The van der Waals surface area contributed by atoms with Crippen LogP contribution in [0.2, 0.25) is 0 Å². The van der Waals surface area contributed by atoms with Gasteiger partial charge in [0.25, 0.3) is 5.91 Å². The van der Waals surface area contributed by atoms with Crippen molar-refractivity contribution in [3.05, 3.63) is 106 Å². The van der Waals surface area contributed by atoms with Crippen LogP contribution in [0.15, 0.2) is 78.6 Å². The van der Waals surface area contributed by atoms with Gasteiger partial charge < -0.3 is 24.8 Å². The highest BCUT2D eigenvalue weighted by Crippen LogP contribution is 2.43. The molecule has 3 aromatic carbocycles. The monoisotopic (exact) mass is 552 g/mol. The molecular weight excluding hydrogens is 516 g/mol. The Labute approximate surface area is 240 Å². The van der Waals surface area contributed by atoms with Gasteiger partial charge in [-0.2, -0.15) is 0 Å². The standard InChI is InChI=1S/C34H36N2O5/c37-21-23-11-13-24(14-12-23)22-40-33-20-26(28-8-3-9-29-27-7-2-1-6-25(27)18-30(28)29)19-31(41-33)34(39)35-15-5-17-36-16-4-10-32(36)38/h1-3,6-9,11-14,19,26,33,37H,4-5,10,15-18,20-22H2,(H,35,39). The number of amides is 2. The maximum Gasteiger partial charge on any atom is 0.286 e. The normalized spacial score (nSPS) is 19.4. The lowest BCUT2D eigenvalue weighted by molar-refractivity contribution is -0.150. The Hall–Kier alpha value is -3.94. The number of carbonyl (C=O) groups excluding carboxylic acids is 2. The molecule has 2 amide bonds. The number of rotatable bonds is 10. The summed E-state index contributed by atoms with van der Waals surface area (Å²) in [7, 11) is 0. The van der Waals surface area contributed by atoms with Gasteiger partial charge in [-0.15, -0.1) is 0 Å². The maximum atomic E-state index is 13.3. The molecule has 0 saturated carbocycles. The molecule has 6 rings (SSSR count). The van der Waals surface area contributed by atoms with Crippen molar-refractivity contribution in [2.75, 3.05) is 19.6 Å². The van der Waals surface area contributed by atoms with E-state index < -0.39 is 6.29 Å². The number of hydrogen-bond donors (Lipinski definition) is 2. The summed E-state index contributed by atoms with van der Waals surface area (Å²) in [6.45, 7) is 2.25. The highest BCUT2D eigenvalue weighted by Gasteiger charge is 2.32. The summed E-state index contributed by atoms with van der Waals surface area (Å²) in [6.07, 6.45) is 5.03. The van der Waals surface area contributed by atoms with E-state index in [9.17, 15) is 14.7 Å². The first-order chi connectivity index (χ1) is 20.1. The van der Waals surface area contributed by atoms with Crippen LogP contribution in [-0.4, -0.2) is 47.7 Å². The quantitative estimate of drug-likeness (QED) is 0.276. The van der Waals surface area contributed by atoms with Crippen LogP contribution in [0.25, 0.3) is 11.1 Å². The Kier molecular flexibility index (Phi) is 8.16. The third-order valence-electron chi connectivity index (χ3n) is 8.27. The van der Waals surface area contributed by atoms with Gasteiger partial charge in [0, 0.05) is 38.4 Å². The van der Waals surface area contributed by atoms with E-state index in [4.69, 9.17) is 9.47 Å². The topological polar surface area (TPSA) is 88.1 Å². The van der Waals surface area contributed by atoms with E-state index in [1.807, 2.05) is 35.2 Å². The largest absolute Gasteiger partial charge is 0.459 e. The molecule has 7 nitrogen and oxygen atoms in total. The lowest BCUT2D eigenvalue weighted by atomic mass is 9.87. The van der Waals surface area contributed by atoms with Gasteiger partial charge in [-0.3, -0.25) is 9.59 Å². The summed E-state index contributed by atoms with van der Waals surface area (Å²) < 4.78 is 12.3. The predicted octanol–water partition coefficient (Wildman–Crippen LogP) is 4.81. The Balaban J connectivity index is 1.18. The molecule has 1 saturated heterocycles. The number of aliphatic hydroxyl groups excluding tert-OH is 1. The summed E-state index contributed by atoms with van der Waals surface area (Å²) in [5.74, 6) is 0.158. The average molecular weight is 553 g/mol. The Morgan fingerprint density at radius 2 is 1.83 bits per heavy atom. The molecule has 2 heterocycles. The number of aliphatic hydroxyl groups is 1. The van der Waals surface area contributed by atoms with Gasteiger partial charge in [0.1, 0.15) is 0 Å². The minimum absolute atomic E-state index is 0.00256. The van der Waals surface area contributed by atoms with Gasteiger partial charge >= 0.3 is 0 Å². The summed E-state index contributed by atoms with van der Waals surface area (Å²) >= 11 is 0. The zero-order valence-corrected chi connectivity index (χ0v) is 23.2. The first kappa shape index (κ1) is 27.2. The molecule has 0 radical (unpaired) electrons. The second kappa shape index (κ2) is 12.3. The number of nitrogens with zero attached hydrogens (tertiary/aromatic N) is 1. The van der Waals surface area contributed by atoms with Gasteiger partial charge in [0.05, 0.1) is 13.2 Å². The number of likely N-dealkylation sites (tertiary alicyclic amines) is 1. The lowest BCUT2D eigenvalue weighted by Gasteiger charge is -2.30. The van der Waals surface area contributed by atoms with Crippen molar-refractivity contribution in [2.45, 2.75) is 57.5 Å². The van der Waals surface area contributed by atoms with Gasteiger partial charge in [0.2, 0.25) is 12.2 Å². The maximum absolute atomic E-state index is 13.3. The molecule has 0 aromatic heterocycles. The van der Waals surface area contributed by atoms with E-state index in [-0.39, 0.29) is 30.1 Å². The number of carbonyl (C=O) groups is 2. The second-order valence-corrected chi connectivity index (χ2v) is 11.0. The van der Waals surface area contributed by atoms with Crippen LogP contribution >= 0.6 is 0 Å². The number of allylic oxidation sites excluding steroid dienone is 1. The van der Waals surface area contributed by atoms with Gasteiger partial charge in [-0.25, -0.2) is 0 Å². The second-order valence-electron chi connectivity index (χ2n) is 11.0. The number of hydrogen-bond acceptors (Lipinski definition) is 5. The molecule has 0 bridgehead atoms. The molecule has 1 aliphatic carbocycles. The van der Waals surface area contributed by atoms with E-state index in [1.54, 1.807) is 0 Å². The summed E-state index contributed by atoms with van der Waals surface area (Å²) in [4.78, 5) is 27.0. The van der Waals surface area contributed by atoms with E-state index in [0.717, 1.165) is 30.5 Å². The zero-order valence-electron chi connectivity index (χ0n) is 23.2. The SMILES string of the molecule is O=C(NCCCN1CCCC1=O)C1=CC(c2cccc3c2Cc2ccccc2-3)CC(OCc2ccc(CO)cc2)O1. The minimum Gasteiger partial charge on any atom is -0.459 e. The Morgan fingerprint density at radius 1 is 1.02 bits per heavy atom. The van der Waals surface area contributed by atoms with Gasteiger partial charge in [-0.1, -0.05) is 66.7 Å². The van der Waals surface area contributed by atoms with E-state index in [1.165, 1.54) is 27.8 Å². The van der Waals surface area contributed by atoms with Crippen LogP contribution < -0.4 is 5.32 Å². The molecule has 0 spiro atoms. The molecule has 212 valence electrons. The first-order valence-corrected chi connectivity index (χ1v) is 14.5. The summed E-state index contributed by atoms with van der Waals surface area (Å²) in [6, 6.07) is 22.6. The third kappa shape index (κ3) is 6.06. The molecule has 1 fully saturated rings. The zero-order chi connectivity index (χ0) is 28.2. The molecule has 2 unspecified atom stereocenters. The molecule has 41 heavy (non-hydrogen) atoms. The fourth-order valence-electron chi connectivity index (χ4n) is 6.09. The van der Waals surface area contributed by atoms with Crippen LogP contribution in [0.5, 0.6) is 0 Å². The lowest BCUT2D eigenvalue weighted by Crippen LogP contribution is -2.35. The van der Waals surface area contributed by atoms with Crippen LogP contribution in [0.3, 0.4) is 0 Å². The molecule has 3 aliphatic rings. The third-order valence-corrected chi connectivity index (χ3v) is 8.27. The number of nitrogens with one attached hydrogen (secondary N) is 1. The molecule has 7 heteroatoms. The van der Waals surface area contributed by atoms with Crippen molar-refractivity contribution < 1.29 is 24.2 Å². The molecule has 3 aromatic rings. The van der Waals surface area contributed by atoms with Crippen molar-refractivity contribution in [2.24, 2.45) is 0 Å². The van der Waals surface area contributed by atoms with Crippen molar-refractivity contribution in [1.29, 1.82) is 0 Å². The summed E-state index contributed by atoms with van der Waals surface area (Å²) in [5.41, 5.74) is 8.15. The first-order valence-electron chi connectivity index (χ1n) is 14.5. The average Bonchev–Trinajstić information content (AvgIpc) is 3.61. The van der Waals surface area contributed by atoms with Gasteiger partial charge in [0.15, 0.2) is 5.76 Å². The Morgan fingerprint density at radius 3 is 2.63 bits per heavy atom. The number of fused-ring (bicyclic) bond motifs is 3. The fraction of sp³-hybridized carbons (Fsp3) is 0.353. The summed E-state index contributed by atoms with van der Waals surface area (Å²) in [5, 5.41) is 12.3. The number of ether oxygens (including phenoxy) is 2. The minimum atomic E-state index is -0.592. The predicted molar refractivity (Wildman–Crippen MR) is 156 cm³/mol. The smallest absolute Gasteiger partial charge is 0.286 e. The van der Waals surface area contributed by atoms with Crippen molar-refractivity contribution in [1.82, 2.24) is 10.2 Å². The number of benzene rings is 3. The Bertz CT molecular complexity index is 1450. The molecule has 2 N–H and O–H groups in total. The van der Waals surface area contributed by atoms with Crippen LogP contribution in [0.1, 0.15) is 59.4 Å². The fourth-order valence-corrected chi connectivity index (χ4v) is 6.09. The molecule has 2 aliphatic heterocycles. The van der Waals surface area contributed by atoms with Crippen molar-refractivity contribution in [3.8, 4) is 11.1 Å². The van der Waals surface area contributed by atoms with E-state index in [0.29, 0.717) is 39.0 Å². The molecule has 2 atom stereocenters. The van der Waals surface area contributed by atoms with Crippen LogP contribution in [-0.2, 0) is 38.7 Å². The highest BCUT2D eigenvalue weighted by molar-refractivity contribution is 5.91. The van der Waals surface area contributed by atoms with E-state index >= 15 is 0 Å². The van der Waals surface area contributed by atoms with Gasteiger partial charge in [-0.05, 0) is 64.3 Å². The van der Waals surface area contributed by atoms with Crippen LogP contribution in [0, 0.1) is 0 Å². The van der Waals surface area contributed by atoms with Crippen molar-refractivity contribution >= 4 is 11.8 Å². The highest BCUT2D eigenvalue weighted by atomic mass is 16.7. The molecular formula is C34H36N2O5. The van der Waals surface area contributed by atoms with Crippen LogP contribution in [0.4, 0.5) is 0 Å². The van der Waals surface area contributed by atoms with Crippen molar-refractivity contribution in [3.63, 3.8) is 0 Å². The van der Waals surface area contributed by atoms with E-state index in [2.05, 4.69) is 47.8 Å².